The van der Waals surface area contributed by atoms with Gasteiger partial charge in [-0.05, 0) is 74.8 Å². The van der Waals surface area contributed by atoms with Crippen LogP contribution in [0.2, 0.25) is 5.02 Å². The number of carboxylic acid groups (broad SMARTS) is 1. The van der Waals surface area contributed by atoms with Crippen molar-refractivity contribution in [1.29, 1.82) is 0 Å². The van der Waals surface area contributed by atoms with Crippen LogP contribution in [0.3, 0.4) is 0 Å². The SMILES string of the molecule is O=C(O)CCCC1CCC2(CC1)CCN(c1cc(OC(F)(F)F)ccc1Cl)CC2. The van der Waals surface area contributed by atoms with Gasteiger partial charge in [-0.15, -0.1) is 13.2 Å². The first-order valence-electron chi connectivity index (χ1n) is 10.2. The third-order valence-electron chi connectivity index (χ3n) is 6.48. The molecule has 1 aromatic carbocycles. The summed E-state index contributed by atoms with van der Waals surface area (Å²) in [6, 6.07) is 4.05. The van der Waals surface area contributed by atoms with E-state index in [1.54, 1.807) is 0 Å². The molecule has 8 heteroatoms. The van der Waals surface area contributed by atoms with Crippen LogP contribution < -0.4 is 9.64 Å². The van der Waals surface area contributed by atoms with E-state index in [-0.39, 0.29) is 12.2 Å². The molecular weight excluding hydrogens is 407 g/mol. The molecule has 1 spiro atoms. The summed E-state index contributed by atoms with van der Waals surface area (Å²) in [5, 5.41) is 9.20. The van der Waals surface area contributed by atoms with Crippen molar-refractivity contribution >= 4 is 23.3 Å². The Kier molecular flexibility index (Phi) is 6.87. The molecule has 1 heterocycles. The lowest BCUT2D eigenvalue weighted by molar-refractivity contribution is -0.274. The number of anilines is 1. The van der Waals surface area contributed by atoms with Crippen LogP contribution in [0.15, 0.2) is 18.2 Å². The van der Waals surface area contributed by atoms with Crippen molar-refractivity contribution in [1.82, 2.24) is 0 Å². The number of nitrogens with zero attached hydrogens (tertiary/aromatic N) is 1. The Bertz CT molecular complexity index is 708. The topological polar surface area (TPSA) is 49.8 Å². The fourth-order valence-corrected chi connectivity index (χ4v) is 5.01. The quantitative estimate of drug-likeness (QED) is 0.574. The van der Waals surface area contributed by atoms with Gasteiger partial charge in [0.2, 0.25) is 0 Å². The van der Waals surface area contributed by atoms with E-state index >= 15 is 0 Å². The minimum atomic E-state index is -4.72. The van der Waals surface area contributed by atoms with Gasteiger partial charge in [0.25, 0.3) is 0 Å². The number of carboxylic acids is 1. The normalized spacial score (nSPS) is 20.1. The zero-order valence-corrected chi connectivity index (χ0v) is 17.1. The predicted octanol–water partition coefficient (Wildman–Crippen LogP) is 6.27. The Morgan fingerprint density at radius 3 is 2.45 bits per heavy atom. The van der Waals surface area contributed by atoms with Gasteiger partial charge in [-0.25, -0.2) is 0 Å². The first kappa shape index (κ1) is 22.1. The van der Waals surface area contributed by atoms with E-state index in [9.17, 15) is 18.0 Å². The smallest absolute Gasteiger partial charge is 0.481 e. The number of piperidine rings is 1. The Labute approximate surface area is 174 Å². The van der Waals surface area contributed by atoms with Gasteiger partial charge >= 0.3 is 12.3 Å². The van der Waals surface area contributed by atoms with E-state index in [1.807, 2.05) is 0 Å². The van der Waals surface area contributed by atoms with E-state index in [1.165, 1.54) is 18.2 Å². The molecule has 2 fully saturated rings. The molecule has 1 aromatic rings. The molecule has 3 rings (SSSR count). The van der Waals surface area contributed by atoms with Gasteiger partial charge in [0, 0.05) is 25.6 Å². The summed E-state index contributed by atoms with van der Waals surface area (Å²) >= 11 is 6.25. The van der Waals surface area contributed by atoms with Crippen molar-refractivity contribution in [3.05, 3.63) is 23.2 Å². The first-order chi connectivity index (χ1) is 13.7. The lowest BCUT2D eigenvalue weighted by Gasteiger charge is -2.46. The summed E-state index contributed by atoms with van der Waals surface area (Å²) in [5.74, 6) is -0.365. The van der Waals surface area contributed by atoms with Crippen LogP contribution >= 0.6 is 11.6 Å². The number of hydrogen-bond donors (Lipinski definition) is 1. The second-order valence-electron chi connectivity index (χ2n) is 8.38. The largest absolute Gasteiger partial charge is 0.573 e. The van der Waals surface area contributed by atoms with Crippen LogP contribution in [0.25, 0.3) is 0 Å². The monoisotopic (exact) mass is 433 g/mol. The highest BCUT2D eigenvalue weighted by Crippen LogP contribution is 2.48. The van der Waals surface area contributed by atoms with Crippen LogP contribution in [-0.2, 0) is 4.79 Å². The van der Waals surface area contributed by atoms with Crippen molar-refractivity contribution in [2.24, 2.45) is 11.3 Å². The van der Waals surface area contributed by atoms with Gasteiger partial charge in [-0.2, -0.15) is 0 Å². The third kappa shape index (κ3) is 6.17. The first-order valence-corrected chi connectivity index (χ1v) is 10.6. The molecular formula is C21H27ClF3NO3. The Morgan fingerprint density at radius 2 is 1.86 bits per heavy atom. The van der Waals surface area contributed by atoms with E-state index in [4.69, 9.17) is 16.7 Å². The molecule has 1 aliphatic heterocycles. The van der Waals surface area contributed by atoms with Gasteiger partial charge < -0.3 is 14.7 Å². The maximum Gasteiger partial charge on any atom is 0.573 e. The van der Waals surface area contributed by atoms with E-state index in [2.05, 4.69) is 9.64 Å². The summed E-state index contributed by atoms with van der Waals surface area (Å²) in [4.78, 5) is 12.7. The summed E-state index contributed by atoms with van der Waals surface area (Å²) in [6.45, 7) is 1.53. The van der Waals surface area contributed by atoms with Crippen molar-refractivity contribution in [3.8, 4) is 5.75 Å². The van der Waals surface area contributed by atoms with Crippen molar-refractivity contribution < 1.29 is 27.8 Å². The second-order valence-corrected chi connectivity index (χ2v) is 8.78. The molecule has 2 aliphatic rings. The number of benzene rings is 1. The lowest BCUT2D eigenvalue weighted by atomic mass is 9.65. The Hall–Kier alpha value is -1.63. The number of hydrogen-bond acceptors (Lipinski definition) is 3. The number of rotatable bonds is 6. The number of ether oxygens (including phenoxy) is 1. The number of aliphatic carboxylic acids is 1. The Morgan fingerprint density at radius 1 is 1.21 bits per heavy atom. The van der Waals surface area contributed by atoms with E-state index in [0.717, 1.165) is 64.5 Å². The third-order valence-corrected chi connectivity index (χ3v) is 6.80. The summed E-state index contributed by atoms with van der Waals surface area (Å²) in [6.07, 6.45) is 3.79. The van der Waals surface area contributed by atoms with Crippen molar-refractivity contribution in [2.75, 3.05) is 18.0 Å². The minimum Gasteiger partial charge on any atom is -0.481 e. The van der Waals surface area contributed by atoms with Crippen LogP contribution in [-0.4, -0.2) is 30.5 Å². The number of carbonyl (C=O) groups is 1. The maximum absolute atomic E-state index is 12.5. The summed E-state index contributed by atoms with van der Waals surface area (Å²) in [5.41, 5.74) is 0.887. The average molecular weight is 434 g/mol. The fourth-order valence-electron chi connectivity index (χ4n) is 4.77. The van der Waals surface area contributed by atoms with Crippen molar-refractivity contribution in [2.45, 2.75) is 64.1 Å². The predicted molar refractivity (Wildman–Crippen MR) is 105 cm³/mol. The van der Waals surface area contributed by atoms with Gasteiger partial charge in [-0.3, -0.25) is 4.79 Å². The number of alkyl halides is 3. The molecule has 162 valence electrons. The zero-order valence-electron chi connectivity index (χ0n) is 16.3. The molecule has 4 nitrogen and oxygen atoms in total. The van der Waals surface area contributed by atoms with Crippen LogP contribution in [0, 0.1) is 11.3 Å². The van der Waals surface area contributed by atoms with Crippen molar-refractivity contribution in [3.63, 3.8) is 0 Å². The summed E-state index contributed by atoms with van der Waals surface area (Å²) < 4.78 is 41.6. The van der Waals surface area contributed by atoms with Crippen LogP contribution in [0.1, 0.15) is 57.8 Å². The van der Waals surface area contributed by atoms with Gasteiger partial charge in [0.15, 0.2) is 0 Å². The summed E-state index contributed by atoms with van der Waals surface area (Å²) in [7, 11) is 0. The molecule has 0 radical (unpaired) electrons. The molecule has 0 aromatic heterocycles. The molecule has 1 N–H and O–H groups in total. The molecule has 0 atom stereocenters. The lowest BCUT2D eigenvalue weighted by Crippen LogP contribution is -2.42. The molecule has 0 unspecified atom stereocenters. The van der Waals surface area contributed by atoms with Gasteiger partial charge in [-0.1, -0.05) is 11.6 Å². The maximum atomic E-state index is 12.5. The standard InChI is InChI=1S/C21H27ClF3NO3/c22-17-5-4-16(29-21(23,24)25)14-18(17)26-12-10-20(11-13-26)8-6-15(7-9-20)2-1-3-19(27)28/h4-5,14-15H,1-3,6-13H2,(H,27,28). The van der Waals surface area contributed by atoms with Crippen LogP contribution in [0.5, 0.6) is 5.75 Å². The molecule has 1 saturated heterocycles. The molecule has 0 bridgehead atoms. The Balaban J connectivity index is 1.53. The fraction of sp³-hybridized carbons (Fsp3) is 0.667. The number of halogens is 4. The average Bonchev–Trinajstić information content (AvgIpc) is 2.65. The van der Waals surface area contributed by atoms with E-state index < -0.39 is 12.3 Å². The van der Waals surface area contributed by atoms with Gasteiger partial charge in [0.05, 0.1) is 10.7 Å². The molecule has 0 amide bonds. The van der Waals surface area contributed by atoms with Crippen LogP contribution in [0.4, 0.5) is 18.9 Å². The highest BCUT2D eigenvalue weighted by atomic mass is 35.5. The molecule has 29 heavy (non-hydrogen) atoms. The highest BCUT2D eigenvalue weighted by Gasteiger charge is 2.38. The molecule has 1 saturated carbocycles. The molecule has 1 aliphatic carbocycles. The minimum absolute atomic E-state index is 0.245. The van der Waals surface area contributed by atoms with E-state index in [0.29, 0.717) is 22.0 Å². The zero-order chi connectivity index (χ0) is 21.1. The van der Waals surface area contributed by atoms with Gasteiger partial charge in [0.1, 0.15) is 5.75 Å². The second kappa shape index (κ2) is 9.02. The highest BCUT2D eigenvalue weighted by molar-refractivity contribution is 6.33.